The molecule has 0 unspecified atom stereocenters. The number of hydrogen-bond donors (Lipinski definition) is 2. The van der Waals surface area contributed by atoms with Crippen molar-refractivity contribution in [2.75, 3.05) is 32.6 Å². The van der Waals surface area contributed by atoms with Gasteiger partial charge in [-0.2, -0.15) is 8.42 Å². The number of carboxylic acids is 1. The lowest BCUT2D eigenvalue weighted by atomic mass is 10.2. The lowest BCUT2D eigenvalue weighted by Gasteiger charge is -2.05. The lowest BCUT2D eigenvalue weighted by molar-refractivity contribution is -0.137. The number of aliphatic carboxylic acids is 1. The zero-order chi connectivity index (χ0) is 14.7. The minimum absolute atomic E-state index is 0.000492. The van der Waals surface area contributed by atoms with Crippen molar-refractivity contribution in [1.29, 1.82) is 0 Å². The molecule has 1 amide bonds. The van der Waals surface area contributed by atoms with E-state index in [-0.39, 0.29) is 32.1 Å². The van der Waals surface area contributed by atoms with Crippen molar-refractivity contribution in [2.45, 2.75) is 19.3 Å². The van der Waals surface area contributed by atoms with E-state index in [1.165, 1.54) is 0 Å². The first-order chi connectivity index (χ1) is 8.81. The molecule has 19 heavy (non-hydrogen) atoms. The summed E-state index contributed by atoms with van der Waals surface area (Å²) in [7, 11) is -3.48. The average Bonchev–Trinajstić information content (AvgIpc) is 2.26. The van der Waals surface area contributed by atoms with E-state index in [2.05, 4.69) is 9.50 Å². The van der Waals surface area contributed by atoms with Crippen LogP contribution in [0.1, 0.15) is 19.3 Å². The summed E-state index contributed by atoms with van der Waals surface area (Å²) >= 11 is 0. The molecule has 0 atom stereocenters. The van der Waals surface area contributed by atoms with Crippen molar-refractivity contribution in [3.8, 4) is 0 Å². The molecule has 9 heteroatoms. The van der Waals surface area contributed by atoms with Crippen LogP contribution in [-0.4, -0.2) is 58.0 Å². The fourth-order valence-corrected chi connectivity index (χ4v) is 1.46. The Kier molecular flexibility index (Phi) is 9.09. The first-order valence-electron chi connectivity index (χ1n) is 5.72. The standard InChI is InChI=1S/C10H19NO7S/c1-19(15,16)18-7-6-17-8-9(12)11-5-3-2-4-10(13)14/h2-8H2,1H3,(H,11,12)(H,13,14). The molecule has 0 bridgehead atoms. The third kappa shape index (κ3) is 14.8. The van der Waals surface area contributed by atoms with Crippen molar-refractivity contribution in [3.63, 3.8) is 0 Å². The number of amides is 1. The van der Waals surface area contributed by atoms with Crippen LogP contribution < -0.4 is 5.32 Å². The minimum Gasteiger partial charge on any atom is -0.481 e. The molecule has 0 aliphatic rings. The Morgan fingerprint density at radius 3 is 2.47 bits per heavy atom. The molecule has 0 rings (SSSR count). The number of ether oxygens (including phenoxy) is 1. The van der Waals surface area contributed by atoms with E-state index < -0.39 is 16.1 Å². The highest BCUT2D eigenvalue weighted by atomic mass is 32.2. The molecule has 2 N–H and O–H groups in total. The summed E-state index contributed by atoms with van der Waals surface area (Å²) in [6.45, 7) is 0.0611. The van der Waals surface area contributed by atoms with Crippen LogP contribution in [0.4, 0.5) is 0 Å². The third-order valence-electron chi connectivity index (χ3n) is 1.90. The number of rotatable bonds is 11. The lowest BCUT2D eigenvalue weighted by Crippen LogP contribution is -2.29. The van der Waals surface area contributed by atoms with E-state index in [0.29, 0.717) is 19.4 Å². The third-order valence-corrected chi connectivity index (χ3v) is 2.49. The van der Waals surface area contributed by atoms with Gasteiger partial charge in [0, 0.05) is 13.0 Å². The van der Waals surface area contributed by atoms with Gasteiger partial charge in [0.05, 0.1) is 19.5 Å². The van der Waals surface area contributed by atoms with E-state index >= 15 is 0 Å². The van der Waals surface area contributed by atoms with Gasteiger partial charge in [-0.25, -0.2) is 0 Å². The predicted octanol–water partition coefficient (Wildman–Crippen LogP) is -0.650. The van der Waals surface area contributed by atoms with Crippen molar-refractivity contribution < 1.29 is 32.0 Å². The van der Waals surface area contributed by atoms with Gasteiger partial charge in [0.15, 0.2) is 0 Å². The van der Waals surface area contributed by atoms with Gasteiger partial charge >= 0.3 is 5.97 Å². The molecular formula is C10H19NO7S. The number of carboxylic acid groups (broad SMARTS) is 1. The fraction of sp³-hybridized carbons (Fsp3) is 0.800. The van der Waals surface area contributed by atoms with E-state index in [4.69, 9.17) is 9.84 Å². The number of unbranched alkanes of at least 4 members (excludes halogenated alkanes) is 1. The number of carbonyl (C=O) groups is 2. The Balaban J connectivity index is 3.38. The van der Waals surface area contributed by atoms with Crippen LogP contribution in [-0.2, 0) is 28.6 Å². The Labute approximate surface area is 112 Å². The van der Waals surface area contributed by atoms with Gasteiger partial charge in [-0.1, -0.05) is 0 Å². The summed E-state index contributed by atoms with van der Waals surface area (Å²) in [4.78, 5) is 21.4. The van der Waals surface area contributed by atoms with Crippen LogP contribution >= 0.6 is 0 Å². The topological polar surface area (TPSA) is 119 Å². The molecular weight excluding hydrogens is 278 g/mol. The largest absolute Gasteiger partial charge is 0.481 e. The Morgan fingerprint density at radius 2 is 1.89 bits per heavy atom. The number of nitrogens with one attached hydrogen (secondary N) is 1. The summed E-state index contributed by atoms with van der Waals surface area (Å²) in [6.07, 6.45) is 2.08. The molecule has 0 aromatic heterocycles. The van der Waals surface area contributed by atoms with Gasteiger partial charge < -0.3 is 15.2 Å². The molecule has 0 spiro atoms. The van der Waals surface area contributed by atoms with Gasteiger partial charge in [-0.05, 0) is 12.8 Å². The van der Waals surface area contributed by atoms with Crippen molar-refractivity contribution in [2.24, 2.45) is 0 Å². The second-order valence-corrected chi connectivity index (χ2v) is 5.42. The van der Waals surface area contributed by atoms with E-state index in [0.717, 1.165) is 6.26 Å². The molecule has 112 valence electrons. The van der Waals surface area contributed by atoms with Gasteiger partial charge in [0.25, 0.3) is 10.1 Å². The van der Waals surface area contributed by atoms with Gasteiger partial charge in [0.1, 0.15) is 6.61 Å². The maximum atomic E-state index is 11.2. The molecule has 0 heterocycles. The highest BCUT2D eigenvalue weighted by molar-refractivity contribution is 7.85. The smallest absolute Gasteiger partial charge is 0.303 e. The van der Waals surface area contributed by atoms with Crippen molar-refractivity contribution in [3.05, 3.63) is 0 Å². The molecule has 8 nitrogen and oxygen atoms in total. The first kappa shape index (κ1) is 17.8. The van der Waals surface area contributed by atoms with Gasteiger partial charge in [-0.3, -0.25) is 13.8 Å². The minimum atomic E-state index is -3.48. The average molecular weight is 297 g/mol. The maximum Gasteiger partial charge on any atom is 0.303 e. The molecule has 0 aromatic carbocycles. The molecule has 0 fully saturated rings. The van der Waals surface area contributed by atoms with Crippen molar-refractivity contribution in [1.82, 2.24) is 5.32 Å². The normalized spacial score (nSPS) is 11.2. The first-order valence-corrected chi connectivity index (χ1v) is 7.53. The van der Waals surface area contributed by atoms with E-state index in [1.54, 1.807) is 0 Å². The predicted molar refractivity (Wildman–Crippen MR) is 66.1 cm³/mol. The molecule has 0 radical (unpaired) electrons. The number of hydrogen-bond acceptors (Lipinski definition) is 6. The summed E-state index contributed by atoms with van der Waals surface area (Å²) in [5.74, 6) is -1.20. The molecule has 0 saturated carbocycles. The SMILES string of the molecule is CS(=O)(=O)OCCOCC(=O)NCCCCC(=O)O. The van der Waals surface area contributed by atoms with Crippen molar-refractivity contribution >= 4 is 22.0 Å². The highest BCUT2D eigenvalue weighted by Crippen LogP contribution is 1.93. The quantitative estimate of drug-likeness (QED) is 0.384. The zero-order valence-electron chi connectivity index (χ0n) is 10.8. The Bertz CT molecular complexity index is 379. The summed E-state index contributed by atoms with van der Waals surface area (Å²) in [6, 6.07) is 0. The fourth-order valence-electron chi connectivity index (χ4n) is 1.09. The zero-order valence-corrected chi connectivity index (χ0v) is 11.6. The molecule has 0 aromatic rings. The van der Waals surface area contributed by atoms with E-state index in [1.807, 2.05) is 0 Å². The van der Waals surface area contributed by atoms with Crippen LogP contribution in [0.25, 0.3) is 0 Å². The number of carbonyl (C=O) groups excluding carboxylic acids is 1. The summed E-state index contributed by atoms with van der Waals surface area (Å²) in [5, 5.41) is 10.9. The maximum absolute atomic E-state index is 11.2. The Hall–Kier alpha value is -1.19. The van der Waals surface area contributed by atoms with Crippen LogP contribution in [0.15, 0.2) is 0 Å². The van der Waals surface area contributed by atoms with Gasteiger partial charge in [0.2, 0.25) is 5.91 Å². The van der Waals surface area contributed by atoms with Crippen LogP contribution in [0.2, 0.25) is 0 Å². The second-order valence-electron chi connectivity index (χ2n) is 3.78. The highest BCUT2D eigenvalue weighted by Gasteiger charge is 2.03. The van der Waals surface area contributed by atoms with Crippen LogP contribution in [0, 0.1) is 0 Å². The van der Waals surface area contributed by atoms with Gasteiger partial charge in [-0.15, -0.1) is 0 Å². The molecule has 0 saturated heterocycles. The Morgan fingerprint density at radius 1 is 1.21 bits per heavy atom. The van der Waals surface area contributed by atoms with Crippen LogP contribution in [0.3, 0.4) is 0 Å². The summed E-state index contributed by atoms with van der Waals surface area (Å²) in [5.41, 5.74) is 0. The second kappa shape index (κ2) is 9.70. The van der Waals surface area contributed by atoms with Crippen LogP contribution in [0.5, 0.6) is 0 Å². The monoisotopic (exact) mass is 297 g/mol. The van der Waals surface area contributed by atoms with E-state index in [9.17, 15) is 18.0 Å². The molecule has 0 aliphatic heterocycles. The molecule has 0 aliphatic carbocycles. The summed E-state index contributed by atoms with van der Waals surface area (Å²) < 4.78 is 30.5.